The van der Waals surface area contributed by atoms with Gasteiger partial charge in [0.05, 0.1) is 17.9 Å². The van der Waals surface area contributed by atoms with E-state index in [1.165, 1.54) is 17.3 Å². The number of alkyl halides is 3. The second kappa shape index (κ2) is 9.09. The molecule has 1 aliphatic rings. The summed E-state index contributed by atoms with van der Waals surface area (Å²) in [5, 5.41) is 2.75. The zero-order valence-corrected chi connectivity index (χ0v) is 17.9. The molecule has 1 saturated heterocycles. The first-order chi connectivity index (χ1) is 14.9. The van der Waals surface area contributed by atoms with Crippen LogP contribution in [0, 0.1) is 0 Å². The van der Waals surface area contributed by atoms with E-state index in [1.807, 2.05) is 0 Å². The Morgan fingerprint density at radius 1 is 1.19 bits per heavy atom. The van der Waals surface area contributed by atoms with E-state index in [9.17, 15) is 22.8 Å². The number of carbonyl (C=O) groups excluding carboxylic acids is 2. The topological polar surface area (TPSA) is 97.3 Å². The first-order valence-electron chi connectivity index (χ1n) is 10.1. The van der Waals surface area contributed by atoms with Gasteiger partial charge in [0, 0.05) is 18.3 Å². The molecule has 3 heterocycles. The van der Waals surface area contributed by atoms with Crippen LogP contribution in [0.5, 0.6) is 0 Å². The summed E-state index contributed by atoms with van der Waals surface area (Å²) in [7, 11) is 0. The Kier molecular flexibility index (Phi) is 6.65. The maximum Gasteiger partial charge on any atom is 0.433 e. The Morgan fingerprint density at radius 2 is 1.94 bits per heavy atom. The molecule has 0 spiro atoms. The average molecular weight is 451 g/mol. The van der Waals surface area contributed by atoms with Crippen LogP contribution < -0.4 is 5.32 Å². The van der Waals surface area contributed by atoms with Gasteiger partial charge >= 0.3 is 12.3 Å². The van der Waals surface area contributed by atoms with Crippen LogP contribution >= 0.6 is 0 Å². The van der Waals surface area contributed by atoms with Gasteiger partial charge in [0.2, 0.25) is 5.91 Å². The van der Waals surface area contributed by atoms with E-state index >= 15 is 0 Å². The summed E-state index contributed by atoms with van der Waals surface area (Å²) >= 11 is 0. The number of pyridine rings is 1. The molecule has 2 aromatic rings. The maximum absolute atomic E-state index is 12.7. The van der Waals surface area contributed by atoms with Gasteiger partial charge < -0.3 is 10.1 Å². The molecule has 0 aromatic carbocycles. The van der Waals surface area contributed by atoms with E-state index in [0.717, 1.165) is 12.3 Å². The van der Waals surface area contributed by atoms with Crippen molar-refractivity contribution in [2.45, 2.75) is 58.0 Å². The fourth-order valence-corrected chi connectivity index (χ4v) is 3.24. The minimum absolute atomic E-state index is 0.0705. The van der Waals surface area contributed by atoms with E-state index in [2.05, 4.69) is 20.3 Å². The van der Waals surface area contributed by atoms with Crippen molar-refractivity contribution in [3.05, 3.63) is 42.1 Å². The highest BCUT2D eigenvalue weighted by molar-refractivity contribution is 5.86. The Labute approximate surface area is 183 Å². The number of likely N-dealkylation sites (tertiary alicyclic amines) is 1. The lowest BCUT2D eigenvalue weighted by atomic mass is 10.1. The van der Waals surface area contributed by atoms with Gasteiger partial charge in [-0.05, 0) is 51.8 Å². The molecule has 1 atom stereocenters. The van der Waals surface area contributed by atoms with Crippen LogP contribution in [0.2, 0.25) is 0 Å². The SMILES string of the molecule is CC(C)(C)OC(=O)N1CCC[C@H]1C(=O)NCc1cc(-c2ccc(C(F)(F)F)nc2)ncn1. The van der Waals surface area contributed by atoms with Crippen molar-refractivity contribution in [2.24, 2.45) is 0 Å². The molecule has 1 N–H and O–H groups in total. The number of carbonyl (C=O) groups is 2. The minimum atomic E-state index is -4.52. The number of hydrogen-bond donors (Lipinski definition) is 1. The third kappa shape index (κ3) is 5.92. The minimum Gasteiger partial charge on any atom is -0.444 e. The van der Waals surface area contributed by atoms with Gasteiger partial charge in [-0.15, -0.1) is 0 Å². The molecule has 11 heteroatoms. The molecule has 0 aliphatic carbocycles. The van der Waals surface area contributed by atoms with Crippen LogP contribution in [0.4, 0.5) is 18.0 Å². The second-order valence-corrected chi connectivity index (χ2v) is 8.37. The van der Waals surface area contributed by atoms with Gasteiger partial charge in [-0.1, -0.05) is 0 Å². The van der Waals surface area contributed by atoms with Crippen LogP contribution in [-0.4, -0.2) is 50.0 Å². The highest BCUT2D eigenvalue weighted by Crippen LogP contribution is 2.28. The predicted molar refractivity (Wildman–Crippen MR) is 108 cm³/mol. The van der Waals surface area contributed by atoms with Gasteiger partial charge in [0.1, 0.15) is 23.7 Å². The standard InChI is InChI=1S/C21H24F3N5O3/c1-20(2,3)32-19(31)29-8-4-5-16(29)18(30)26-11-14-9-15(28-12-27-14)13-6-7-17(25-10-13)21(22,23)24/h6-7,9-10,12,16H,4-5,8,11H2,1-3H3,(H,26,30)/t16-/m0/s1. The zero-order valence-electron chi connectivity index (χ0n) is 17.9. The summed E-state index contributed by atoms with van der Waals surface area (Å²) in [5.41, 5.74) is -0.425. The van der Waals surface area contributed by atoms with Crippen molar-refractivity contribution in [1.29, 1.82) is 0 Å². The van der Waals surface area contributed by atoms with Crippen molar-refractivity contribution < 1.29 is 27.5 Å². The van der Waals surface area contributed by atoms with Gasteiger partial charge in [0.15, 0.2) is 0 Å². The molecular weight excluding hydrogens is 427 g/mol. The number of amides is 2. The number of ether oxygens (including phenoxy) is 1. The molecule has 2 aromatic heterocycles. The number of nitrogens with one attached hydrogen (secondary N) is 1. The highest BCUT2D eigenvalue weighted by Gasteiger charge is 2.36. The maximum atomic E-state index is 12.7. The van der Waals surface area contributed by atoms with Gasteiger partial charge in [-0.2, -0.15) is 13.2 Å². The van der Waals surface area contributed by atoms with E-state index < -0.39 is 29.6 Å². The number of rotatable bonds is 4. The molecular formula is C21H24F3N5O3. The lowest BCUT2D eigenvalue weighted by Gasteiger charge is -2.28. The molecule has 0 bridgehead atoms. The van der Waals surface area contributed by atoms with Crippen molar-refractivity contribution in [3.63, 3.8) is 0 Å². The van der Waals surface area contributed by atoms with E-state index in [4.69, 9.17) is 4.74 Å². The quantitative estimate of drug-likeness (QED) is 0.763. The first kappa shape index (κ1) is 23.4. The average Bonchev–Trinajstić information content (AvgIpc) is 3.21. The Bertz CT molecular complexity index is 974. The predicted octanol–water partition coefficient (Wildman–Crippen LogP) is 3.57. The summed E-state index contributed by atoms with van der Waals surface area (Å²) in [4.78, 5) is 38.0. The fourth-order valence-electron chi connectivity index (χ4n) is 3.24. The van der Waals surface area contributed by atoms with Crippen LogP contribution in [0.25, 0.3) is 11.3 Å². The van der Waals surface area contributed by atoms with Crippen molar-refractivity contribution in [3.8, 4) is 11.3 Å². The van der Waals surface area contributed by atoms with Crippen LogP contribution in [0.1, 0.15) is 45.0 Å². The number of aromatic nitrogens is 3. The number of halogens is 3. The normalized spacial score (nSPS) is 16.7. The summed E-state index contributed by atoms with van der Waals surface area (Å²) in [6.07, 6.45) is -1.49. The summed E-state index contributed by atoms with van der Waals surface area (Å²) in [6.45, 7) is 5.78. The largest absolute Gasteiger partial charge is 0.444 e. The molecule has 3 rings (SSSR count). The molecule has 2 amide bonds. The van der Waals surface area contributed by atoms with E-state index in [1.54, 1.807) is 26.8 Å². The van der Waals surface area contributed by atoms with Gasteiger partial charge in [0.25, 0.3) is 0 Å². The molecule has 32 heavy (non-hydrogen) atoms. The van der Waals surface area contributed by atoms with Crippen LogP contribution in [-0.2, 0) is 22.3 Å². The third-order valence-corrected chi connectivity index (χ3v) is 4.70. The summed E-state index contributed by atoms with van der Waals surface area (Å²) in [5.74, 6) is -0.329. The highest BCUT2D eigenvalue weighted by atomic mass is 19.4. The Morgan fingerprint density at radius 3 is 2.56 bits per heavy atom. The van der Waals surface area contributed by atoms with Gasteiger partial charge in [-0.25, -0.2) is 14.8 Å². The lowest BCUT2D eigenvalue weighted by Crippen LogP contribution is -2.47. The van der Waals surface area contributed by atoms with E-state index in [0.29, 0.717) is 36.3 Å². The van der Waals surface area contributed by atoms with Crippen molar-refractivity contribution >= 4 is 12.0 Å². The molecule has 1 aliphatic heterocycles. The zero-order chi connectivity index (χ0) is 23.5. The molecule has 172 valence electrons. The summed E-state index contributed by atoms with van der Waals surface area (Å²) in [6, 6.07) is 3.08. The third-order valence-electron chi connectivity index (χ3n) is 4.70. The Hall–Kier alpha value is -3.24. The second-order valence-electron chi connectivity index (χ2n) is 8.37. The number of nitrogens with zero attached hydrogens (tertiary/aromatic N) is 4. The van der Waals surface area contributed by atoms with Crippen LogP contribution in [0.3, 0.4) is 0 Å². The first-order valence-corrected chi connectivity index (χ1v) is 10.1. The fraction of sp³-hybridized carbons (Fsp3) is 0.476. The van der Waals surface area contributed by atoms with Crippen molar-refractivity contribution in [2.75, 3.05) is 6.54 Å². The molecule has 1 fully saturated rings. The number of hydrogen-bond acceptors (Lipinski definition) is 6. The summed E-state index contributed by atoms with van der Waals surface area (Å²) < 4.78 is 43.4. The lowest BCUT2D eigenvalue weighted by molar-refractivity contribution is -0.141. The van der Waals surface area contributed by atoms with Gasteiger partial charge in [-0.3, -0.25) is 14.7 Å². The molecule has 0 unspecified atom stereocenters. The monoisotopic (exact) mass is 451 g/mol. The Balaban J connectivity index is 1.63. The smallest absolute Gasteiger partial charge is 0.433 e. The van der Waals surface area contributed by atoms with Crippen molar-refractivity contribution in [1.82, 2.24) is 25.2 Å². The molecule has 0 radical (unpaired) electrons. The van der Waals surface area contributed by atoms with E-state index in [-0.39, 0.29) is 12.5 Å². The molecule has 8 nitrogen and oxygen atoms in total. The van der Waals surface area contributed by atoms with Crippen LogP contribution in [0.15, 0.2) is 30.7 Å². The molecule has 0 saturated carbocycles.